The second-order valence-electron chi connectivity index (χ2n) is 9.59. The van der Waals surface area contributed by atoms with Crippen LogP contribution in [0, 0.1) is 5.92 Å². The van der Waals surface area contributed by atoms with Crippen molar-refractivity contribution in [1.82, 2.24) is 14.8 Å². The molecule has 0 saturated heterocycles. The van der Waals surface area contributed by atoms with Crippen molar-refractivity contribution in [2.75, 3.05) is 6.54 Å². The number of aromatic nitrogens is 1. The first-order chi connectivity index (χ1) is 15.5. The van der Waals surface area contributed by atoms with Crippen molar-refractivity contribution in [3.63, 3.8) is 0 Å². The van der Waals surface area contributed by atoms with Crippen LogP contribution in [-0.4, -0.2) is 39.4 Å². The largest absolute Gasteiger partial charge is 0.463 e. The zero-order valence-electron chi connectivity index (χ0n) is 18.8. The molecule has 0 bridgehead atoms. The number of hydrogen-bond donors (Lipinski definition) is 1. The van der Waals surface area contributed by atoms with Crippen molar-refractivity contribution in [2.45, 2.75) is 64.1 Å². The van der Waals surface area contributed by atoms with E-state index >= 15 is 0 Å². The molecule has 6 nitrogen and oxygen atoms in total. The van der Waals surface area contributed by atoms with Gasteiger partial charge in [-0.05, 0) is 37.7 Å². The lowest BCUT2D eigenvalue weighted by molar-refractivity contribution is -0.134. The molecule has 1 aromatic carbocycles. The minimum absolute atomic E-state index is 0.0614. The van der Waals surface area contributed by atoms with E-state index in [1.165, 1.54) is 6.42 Å². The number of nitrogens with zero attached hydrogens (tertiary/aromatic N) is 2. The van der Waals surface area contributed by atoms with Gasteiger partial charge in [-0.2, -0.15) is 0 Å². The lowest BCUT2D eigenvalue weighted by Crippen LogP contribution is -2.65. The molecule has 1 saturated carbocycles. The molecule has 0 radical (unpaired) electrons. The molecule has 0 spiro atoms. The highest BCUT2D eigenvalue weighted by Crippen LogP contribution is 2.34. The van der Waals surface area contributed by atoms with Gasteiger partial charge in [-0.3, -0.25) is 9.59 Å². The van der Waals surface area contributed by atoms with E-state index in [2.05, 4.69) is 24.4 Å². The molecule has 3 heterocycles. The average molecular weight is 434 g/mol. The third-order valence-electron chi connectivity index (χ3n) is 7.43. The van der Waals surface area contributed by atoms with Gasteiger partial charge in [0.05, 0.1) is 18.3 Å². The summed E-state index contributed by atoms with van der Waals surface area (Å²) in [5.74, 6) is 0.276. The van der Waals surface area contributed by atoms with Crippen LogP contribution in [0.2, 0.25) is 0 Å². The third-order valence-corrected chi connectivity index (χ3v) is 7.43. The molecular formula is C26H31N3O3. The molecule has 1 aliphatic carbocycles. The van der Waals surface area contributed by atoms with Crippen LogP contribution in [-0.2, 0) is 17.8 Å². The minimum Gasteiger partial charge on any atom is -0.463 e. The van der Waals surface area contributed by atoms with Gasteiger partial charge in [0.1, 0.15) is 11.2 Å². The van der Waals surface area contributed by atoms with Crippen LogP contribution in [0.3, 0.4) is 0 Å². The van der Waals surface area contributed by atoms with E-state index in [1.54, 1.807) is 17.2 Å². The van der Waals surface area contributed by atoms with Gasteiger partial charge in [0.15, 0.2) is 5.58 Å². The van der Waals surface area contributed by atoms with Crippen LogP contribution >= 0.6 is 0 Å². The standard InChI is InChI=1S/C26H31N3O3/c1-18-8-6-7-11-20(18)27-25(31)26(2)17-28-21-13-15-32-23(21)16-22(28)24(30)29(26)14-12-19-9-4-3-5-10-19/h3-5,9-10,13,15-16,18,20H,6-8,11-12,14,17H2,1-2H3,(H,27,31)/t18-,20+,26-/m1/s1. The Labute approximate surface area is 188 Å². The fourth-order valence-corrected chi connectivity index (χ4v) is 5.36. The number of rotatable bonds is 5. The first-order valence-corrected chi connectivity index (χ1v) is 11.7. The SMILES string of the molecule is C[C@@H]1CCCC[C@@H]1NC(=O)[C@@]1(C)Cn2c(cc3occc32)C(=O)N1CCc1ccccc1. The summed E-state index contributed by atoms with van der Waals surface area (Å²) in [7, 11) is 0. The Kier molecular flexibility index (Phi) is 5.31. The van der Waals surface area contributed by atoms with E-state index in [9.17, 15) is 9.59 Å². The molecule has 2 amide bonds. The normalized spacial score (nSPS) is 25.7. The predicted molar refractivity (Wildman–Crippen MR) is 123 cm³/mol. The Morgan fingerprint density at radius 3 is 2.75 bits per heavy atom. The van der Waals surface area contributed by atoms with Gasteiger partial charge >= 0.3 is 0 Å². The van der Waals surface area contributed by atoms with Crippen molar-refractivity contribution in [1.29, 1.82) is 0 Å². The summed E-state index contributed by atoms with van der Waals surface area (Å²) in [5, 5.41) is 3.32. The summed E-state index contributed by atoms with van der Waals surface area (Å²) in [5.41, 5.74) is 2.31. The topological polar surface area (TPSA) is 67.5 Å². The second-order valence-corrected chi connectivity index (χ2v) is 9.59. The monoisotopic (exact) mass is 433 g/mol. The van der Waals surface area contributed by atoms with Crippen molar-refractivity contribution >= 4 is 22.9 Å². The highest BCUT2D eigenvalue weighted by Gasteiger charge is 2.48. The van der Waals surface area contributed by atoms with Crippen molar-refractivity contribution in [3.8, 4) is 0 Å². The molecule has 6 heteroatoms. The molecule has 3 aromatic rings. The van der Waals surface area contributed by atoms with Crippen LogP contribution in [0.15, 0.2) is 53.1 Å². The Bertz CT molecular complexity index is 1130. The number of hydrogen-bond acceptors (Lipinski definition) is 3. The number of carbonyl (C=O) groups excluding carboxylic acids is 2. The summed E-state index contributed by atoms with van der Waals surface area (Å²) >= 11 is 0. The predicted octanol–water partition coefficient (Wildman–Crippen LogP) is 4.39. The van der Waals surface area contributed by atoms with Crippen LogP contribution in [0.4, 0.5) is 0 Å². The molecule has 5 rings (SSSR count). The quantitative estimate of drug-likeness (QED) is 0.649. The fourth-order valence-electron chi connectivity index (χ4n) is 5.36. The molecule has 0 unspecified atom stereocenters. The second kappa shape index (κ2) is 8.15. The van der Waals surface area contributed by atoms with Crippen LogP contribution in [0.25, 0.3) is 11.1 Å². The van der Waals surface area contributed by atoms with E-state index in [1.807, 2.05) is 35.8 Å². The van der Waals surface area contributed by atoms with E-state index in [0.29, 0.717) is 36.7 Å². The van der Waals surface area contributed by atoms with E-state index in [4.69, 9.17) is 4.42 Å². The summed E-state index contributed by atoms with van der Waals surface area (Å²) in [6.45, 7) is 5.02. The highest BCUT2D eigenvalue weighted by atomic mass is 16.3. The number of furan rings is 1. The molecule has 1 fully saturated rings. The van der Waals surface area contributed by atoms with Gasteiger partial charge in [0.2, 0.25) is 5.91 Å². The fraction of sp³-hybridized carbons (Fsp3) is 0.462. The summed E-state index contributed by atoms with van der Waals surface area (Å²) in [6, 6.07) is 13.9. The van der Waals surface area contributed by atoms with Gasteiger partial charge < -0.3 is 19.2 Å². The minimum atomic E-state index is -0.973. The number of nitrogens with one attached hydrogen (secondary N) is 1. The van der Waals surface area contributed by atoms with Crippen LogP contribution < -0.4 is 5.32 Å². The highest BCUT2D eigenvalue weighted by molar-refractivity contribution is 6.02. The average Bonchev–Trinajstić information content (AvgIpc) is 3.38. The molecule has 168 valence electrons. The zero-order chi connectivity index (χ0) is 22.3. The molecule has 1 aliphatic heterocycles. The van der Waals surface area contributed by atoms with Gasteiger partial charge in [0.25, 0.3) is 5.91 Å². The Balaban J connectivity index is 1.48. The van der Waals surface area contributed by atoms with Gasteiger partial charge in [0, 0.05) is 24.7 Å². The number of fused-ring (bicyclic) bond motifs is 3. The Morgan fingerprint density at radius 2 is 1.97 bits per heavy atom. The smallest absolute Gasteiger partial charge is 0.271 e. The van der Waals surface area contributed by atoms with Crippen LogP contribution in [0.1, 0.15) is 55.6 Å². The Hall–Kier alpha value is -3.02. The molecular weight excluding hydrogens is 402 g/mol. The molecule has 2 aliphatic rings. The lowest BCUT2D eigenvalue weighted by Gasteiger charge is -2.45. The number of amides is 2. The first kappa shape index (κ1) is 20.9. The lowest BCUT2D eigenvalue weighted by atomic mass is 9.85. The number of carbonyl (C=O) groups is 2. The van der Waals surface area contributed by atoms with E-state index in [0.717, 1.165) is 30.3 Å². The van der Waals surface area contributed by atoms with E-state index < -0.39 is 5.54 Å². The number of benzene rings is 1. The van der Waals surface area contributed by atoms with E-state index in [-0.39, 0.29) is 17.9 Å². The van der Waals surface area contributed by atoms with Crippen molar-refractivity contribution < 1.29 is 14.0 Å². The molecule has 1 N–H and O–H groups in total. The maximum atomic E-state index is 13.8. The molecule has 2 aromatic heterocycles. The maximum absolute atomic E-state index is 13.8. The van der Waals surface area contributed by atoms with Gasteiger partial charge in [-0.25, -0.2) is 0 Å². The maximum Gasteiger partial charge on any atom is 0.271 e. The summed E-state index contributed by atoms with van der Waals surface area (Å²) < 4.78 is 7.50. The summed E-state index contributed by atoms with van der Waals surface area (Å²) in [6.07, 6.45) is 6.83. The van der Waals surface area contributed by atoms with Crippen molar-refractivity contribution in [3.05, 3.63) is 60.0 Å². The third kappa shape index (κ3) is 3.51. The van der Waals surface area contributed by atoms with Crippen LogP contribution in [0.5, 0.6) is 0 Å². The molecule has 3 atom stereocenters. The van der Waals surface area contributed by atoms with Gasteiger partial charge in [-0.15, -0.1) is 0 Å². The summed E-state index contributed by atoms with van der Waals surface area (Å²) in [4.78, 5) is 29.2. The Morgan fingerprint density at radius 1 is 1.19 bits per heavy atom. The van der Waals surface area contributed by atoms with Crippen molar-refractivity contribution in [2.24, 2.45) is 5.92 Å². The van der Waals surface area contributed by atoms with Gasteiger partial charge in [-0.1, -0.05) is 50.1 Å². The zero-order valence-corrected chi connectivity index (χ0v) is 18.8. The first-order valence-electron chi connectivity index (χ1n) is 11.7. The molecule has 32 heavy (non-hydrogen) atoms.